The zero-order valence-electron chi connectivity index (χ0n) is 15.8. The first-order chi connectivity index (χ1) is 14.7. The normalized spacial score (nSPS) is 15.2. The Labute approximate surface area is 176 Å². The Kier molecular flexibility index (Phi) is 4.65. The Bertz CT molecular complexity index is 1230. The number of para-hydroxylation sites is 3. The molecule has 3 aromatic carbocycles. The lowest BCUT2D eigenvalue weighted by Gasteiger charge is -2.25. The first kappa shape index (κ1) is 18.3. The molecule has 2 N–H and O–H groups in total. The topological polar surface area (TPSA) is 80.3 Å². The number of anilines is 2. The summed E-state index contributed by atoms with van der Waals surface area (Å²) in [4.78, 5) is 29.5. The molecule has 2 amide bonds. The molecule has 148 valence electrons. The highest BCUT2D eigenvalue weighted by Gasteiger charge is 2.29. The molecule has 1 aromatic heterocycles. The van der Waals surface area contributed by atoms with Gasteiger partial charge in [-0.05, 0) is 36.4 Å². The van der Waals surface area contributed by atoms with Gasteiger partial charge in [-0.1, -0.05) is 36.4 Å². The number of nitrogens with one attached hydrogen (secondary N) is 2. The SMILES string of the molecule is O=C(C[C@H]1Oc2ccccc2NC1=O)Nc1cccc(-c2nc3ccccc3s2)c1. The van der Waals surface area contributed by atoms with Crippen LogP contribution in [0.1, 0.15) is 6.42 Å². The summed E-state index contributed by atoms with van der Waals surface area (Å²) in [5, 5.41) is 6.52. The number of ether oxygens (including phenoxy) is 1. The zero-order valence-corrected chi connectivity index (χ0v) is 16.6. The van der Waals surface area contributed by atoms with E-state index in [2.05, 4.69) is 15.6 Å². The first-order valence-corrected chi connectivity index (χ1v) is 10.3. The maximum atomic E-state index is 12.5. The quantitative estimate of drug-likeness (QED) is 0.507. The summed E-state index contributed by atoms with van der Waals surface area (Å²) in [6.45, 7) is 0. The number of hydrogen-bond acceptors (Lipinski definition) is 5. The van der Waals surface area contributed by atoms with Crippen LogP contribution < -0.4 is 15.4 Å². The van der Waals surface area contributed by atoms with Gasteiger partial charge < -0.3 is 15.4 Å². The van der Waals surface area contributed by atoms with Gasteiger partial charge in [-0.25, -0.2) is 4.98 Å². The number of nitrogens with zero attached hydrogens (tertiary/aromatic N) is 1. The standard InChI is InChI=1S/C23H17N3O3S/c27-21(13-19-22(28)25-16-8-1-3-10-18(16)29-19)24-15-7-5-6-14(12-15)23-26-17-9-2-4-11-20(17)30-23/h1-12,19H,13H2,(H,24,27)(H,25,28)/t19-/m1/s1. The van der Waals surface area contributed by atoms with E-state index in [0.29, 0.717) is 17.1 Å². The maximum Gasteiger partial charge on any atom is 0.266 e. The lowest BCUT2D eigenvalue weighted by Crippen LogP contribution is -2.39. The molecular weight excluding hydrogens is 398 g/mol. The van der Waals surface area contributed by atoms with Gasteiger partial charge in [0.1, 0.15) is 10.8 Å². The molecule has 0 spiro atoms. The van der Waals surface area contributed by atoms with Crippen LogP contribution in [-0.2, 0) is 9.59 Å². The van der Waals surface area contributed by atoms with E-state index in [-0.39, 0.29) is 18.2 Å². The van der Waals surface area contributed by atoms with Crippen LogP contribution in [0.3, 0.4) is 0 Å². The Hall–Kier alpha value is -3.71. The molecule has 6 nitrogen and oxygen atoms in total. The Morgan fingerprint density at radius 2 is 1.90 bits per heavy atom. The third-order valence-corrected chi connectivity index (χ3v) is 5.85. The third-order valence-electron chi connectivity index (χ3n) is 4.76. The highest BCUT2D eigenvalue weighted by Crippen LogP contribution is 2.32. The van der Waals surface area contributed by atoms with Crippen LogP contribution in [0.2, 0.25) is 0 Å². The fourth-order valence-electron chi connectivity index (χ4n) is 3.33. The molecule has 0 aliphatic carbocycles. The van der Waals surface area contributed by atoms with Crippen molar-refractivity contribution in [1.29, 1.82) is 0 Å². The number of thiazole rings is 1. The van der Waals surface area contributed by atoms with Crippen molar-refractivity contribution >= 4 is 44.7 Å². The van der Waals surface area contributed by atoms with Gasteiger partial charge in [0, 0.05) is 11.3 Å². The van der Waals surface area contributed by atoms with E-state index in [9.17, 15) is 9.59 Å². The number of carbonyl (C=O) groups excluding carboxylic acids is 2. The second-order valence-corrected chi connectivity index (χ2v) is 7.94. The summed E-state index contributed by atoms with van der Waals surface area (Å²) < 4.78 is 6.81. The van der Waals surface area contributed by atoms with Crippen molar-refractivity contribution in [2.24, 2.45) is 0 Å². The molecule has 4 aromatic rings. The summed E-state index contributed by atoms with van der Waals surface area (Å²) in [6.07, 6.45) is -0.946. The Morgan fingerprint density at radius 1 is 1.07 bits per heavy atom. The number of hydrogen-bond donors (Lipinski definition) is 2. The summed E-state index contributed by atoms with van der Waals surface area (Å²) in [7, 11) is 0. The number of fused-ring (bicyclic) bond motifs is 2. The van der Waals surface area contributed by atoms with Crippen LogP contribution in [0.5, 0.6) is 5.75 Å². The predicted octanol–water partition coefficient (Wildman–Crippen LogP) is 4.69. The molecule has 5 rings (SSSR count). The van der Waals surface area contributed by atoms with E-state index >= 15 is 0 Å². The summed E-state index contributed by atoms with van der Waals surface area (Å²) in [5.41, 5.74) is 3.14. The molecule has 0 saturated carbocycles. The van der Waals surface area contributed by atoms with E-state index in [1.165, 1.54) is 0 Å². The van der Waals surface area contributed by atoms with E-state index in [4.69, 9.17) is 4.74 Å². The molecular formula is C23H17N3O3S. The smallest absolute Gasteiger partial charge is 0.266 e. The first-order valence-electron chi connectivity index (χ1n) is 9.48. The van der Waals surface area contributed by atoms with Crippen molar-refractivity contribution in [2.45, 2.75) is 12.5 Å². The van der Waals surface area contributed by atoms with Gasteiger partial charge in [0.25, 0.3) is 5.91 Å². The molecule has 1 aliphatic heterocycles. The molecule has 0 bridgehead atoms. The van der Waals surface area contributed by atoms with Crippen LogP contribution >= 0.6 is 11.3 Å². The monoisotopic (exact) mass is 415 g/mol. The molecule has 2 heterocycles. The fraction of sp³-hybridized carbons (Fsp3) is 0.0870. The van der Waals surface area contributed by atoms with Crippen molar-refractivity contribution in [1.82, 2.24) is 4.98 Å². The molecule has 0 radical (unpaired) electrons. The van der Waals surface area contributed by atoms with Crippen LogP contribution in [0, 0.1) is 0 Å². The second-order valence-electron chi connectivity index (χ2n) is 6.91. The maximum absolute atomic E-state index is 12.5. The minimum atomic E-state index is -0.868. The van der Waals surface area contributed by atoms with E-state index < -0.39 is 6.10 Å². The predicted molar refractivity (Wildman–Crippen MR) is 118 cm³/mol. The minimum absolute atomic E-state index is 0.0778. The van der Waals surface area contributed by atoms with Crippen LogP contribution in [0.15, 0.2) is 72.8 Å². The highest BCUT2D eigenvalue weighted by atomic mass is 32.1. The molecule has 0 unspecified atom stereocenters. The van der Waals surface area contributed by atoms with Gasteiger partial charge in [0.05, 0.1) is 22.3 Å². The Balaban J connectivity index is 1.30. The van der Waals surface area contributed by atoms with Gasteiger partial charge in [0.2, 0.25) is 5.91 Å². The highest BCUT2D eigenvalue weighted by molar-refractivity contribution is 7.21. The van der Waals surface area contributed by atoms with Crippen molar-refractivity contribution in [3.8, 4) is 16.3 Å². The van der Waals surface area contributed by atoms with Crippen molar-refractivity contribution in [2.75, 3.05) is 10.6 Å². The van der Waals surface area contributed by atoms with Crippen molar-refractivity contribution in [3.05, 3.63) is 72.8 Å². The molecule has 0 fully saturated rings. The van der Waals surface area contributed by atoms with Gasteiger partial charge in [-0.2, -0.15) is 0 Å². The average Bonchev–Trinajstić information content (AvgIpc) is 3.19. The van der Waals surface area contributed by atoms with Gasteiger partial charge >= 0.3 is 0 Å². The summed E-state index contributed by atoms with van der Waals surface area (Å²) >= 11 is 1.60. The van der Waals surface area contributed by atoms with Gasteiger partial charge in [-0.15, -0.1) is 11.3 Å². The lowest BCUT2D eigenvalue weighted by molar-refractivity contribution is -0.128. The Morgan fingerprint density at radius 3 is 2.80 bits per heavy atom. The number of benzene rings is 3. The number of rotatable bonds is 4. The summed E-state index contributed by atoms with van der Waals surface area (Å²) in [6, 6.07) is 22.7. The molecule has 0 saturated heterocycles. The third kappa shape index (κ3) is 3.62. The second kappa shape index (κ2) is 7.61. The van der Waals surface area contributed by atoms with Crippen LogP contribution in [0.25, 0.3) is 20.8 Å². The van der Waals surface area contributed by atoms with E-state index in [1.54, 1.807) is 23.5 Å². The van der Waals surface area contributed by atoms with Crippen molar-refractivity contribution in [3.63, 3.8) is 0 Å². The minimum Gasteiger partial charge on any atom is -0.478 e. The van der Waals surface area contributed by atoms with Gasteiger partial charge in [0.15, 0.2) is 6.10 Å². The fourth-order valence-corrected chi connectivity index (χ4v) is 4.30. The van der Waals surface area contributed by atoms with E-state index in [1.807, 2.05) is 60.7 Å². The van der Waals surface area contributed by atoms with Gasteiger partial charge in [-0.3, -0.25) is 9.59 Å². The average molecular weight is 415 g/mol. The van der Waals surface area contributed by atoms with Crippen molar-refractivity contribution < 1.29 is 14.3 Å². The van der Waals surface area contributed by atoms with Crippen LogP contribution in [0.4, 0.5) is 11.4 Å². The molecule has 30 heavy (non-hydrogen) atoms. The zero-order chi connectivity index (χ0) is 20.5. The summed E-state index contributed by atoms with van der Waals surface area (Å²) in [5.74, 6) is -0.0595. The molecule has 7 heteroatoms. The number of aromatic nitrogens is 1. The molecule has 1 aliphatic rings. The lowest BCUT2D eigenvalue weighted by atomic mass is 10.1. The molecule has 1 atom stereocenters. The largest absolute Gasteiger partial charge is 0.478 e. The number of amides is 2. The van der Waals surface area contributed by atoms with Crippen LogP contribution in [-0.4, -0.2) is 22.9 Å². The number of carbonyl (C=O) groups is 2. The van der Waals surface area contributed by atoms with E-state index in [0.717, 1.165) is 20.8 Å².